The average Bonchev–Trinajstić information content (AvgIpc) is 2.71. The van der Waals surface area contributed by atoms with Crippen molar-refractivity contribution in [3.05, 3.63) is 11.1 Å². The highest BCUT2D eigenvalue weighted by Gasteiger charge is 2.21. The first-order valence-electron chi connectivity index (χ1n) is 5.58. The van der Waals surface area contributed by atoms with Gasteiger partial charge < -0.3 is 10.4 Å². The Balaban J connectivity index is 2.45. The van der Waals surface area contributed by atoms with E-state index in [-0.39, 0.29) is 6.54 Å². The topological polar surface area (TPSA) is 91.3 Å². The number of anilines is 1. The molecule has 0 aliphatic heterocycles. The first-order valence-corrected chi connectivity index (χ1v) is 6.45. The Hall–Kier alpha value is -1.47. The van der Waals surface area contributed by atoms with Gasteiger partial charge in [0.2, 0.25) is 0 Å². The second kappa shape index (κ2) is 5.92. The highest BCUT2D eigenvalue weighted by atomic mass is 32.1. The molecule has 1 heterocycles. The summed E-state index contributed by atoms with van der Waals surface area (Å²) < 4.78 is 0. The molecule has 1 rings (SSSR count). The van der Waals surface area contributed by atoms with E-state index in [2.05, 4.69) is 15.6 Å². The predicted octanol–water partition coefficient (Wildman–Crippen LogP) is 0.667. The Kier molecular flexibility index (Phi) is 4.80. The van der Waals surface area contributed by atoms with Gasteiger partial charge in [0, 0.05) is 11.9 Å². The number of hydrogen-bond acceptors (Lipinski definition) is 5. The highest BCUT2D eigenvalue weighted by Crippen LogP contribution is 2.14. The molecule has 1 aromatic rings. The molecule has 0 radical (unpaired) electrons. The van der Waals surface area contributed by atoms with Gasteiger partial charge in [-0.15, -0.1) is 11.3 Å². The lowest BCUT2D eigenvalue weighted by Crippen LogP contribution is -2.44. The van der Waals surface area contributed by atoms with Gasteiger partial charge in [0.15, 0.2) is 5.13 Å². The van der Waals surface area contributed by atoms with E-state index < -0.39 is 17.4 Å². The third-order valence-corrected chi connectivity index (χ3v) is 3.31. The van der Waals surface area contributed by atoms with Gasteiger partial charge in [-0.25, -0.2) is 4.98 Å². The number of hydrogen-bond donors (Lipinski definition) is 3. The van der Waals surface area contributed by atoms with Gasteiger partial charge in [-0.3, -0.25) is 14.9 Å². The standard InChI is InChI=1S/C11H17N3O3S/c1-4-11(3,17)6-12-8(15)9(16)14-10-13-7(2)5-18-10/h5,17H,4,6H2,1-3H3,(H,12,15)(H,13,14,16)/t11-/m0/s1. The second-order valence-corrected chi connectivity index (χ2v) is 5.14. The average molecular weight is 271 g/mol. The molecule has 1 aromatic heterocycles. The van der Waals surface area contributed by atoms with Crippen molar-refractivity contribution < 1.29 is 14.7 Å². The second-order valence-electron chi connectivity index (χ2n) is 4.28. The van der Waals surface area contributed by atoms with Gasteiger partial charge in [-0.1, -0.05) is 6.92 Å². The SMILES string of the molecule is CC[C@](C)(O)CNC(=O)C(=O)Nc1nc(C)cs1. The third-order valence-electron chi connectivity index (χ3n) is 2.44. The van der Waals surface area contributed by atoms with Crippen LogP contribution >= 0.6 is 11.3 Å². The van der Waals surface area contributed by atoms with Crippen LogP contribution in [-0.2, 0) is 9.59 Å². The van der Waals surface area contributed by atoms with Crippen LogP contribution in [0.3, 0.4) is 0 Å². The zero-order chi connectivity index (χ0) is 13.8. The molecule has 0 saturated heterocycles. The van der Waals surface area contributed by atoms with Gasteiger partial charge in [0.05, 0.1) is 11.3 Å². The van der Waals surface area contributed by atoms with Crippen molar-refractivity contribution in [1.82, 2.24) is 10.3 Å². The van der Waals surface area contributed by atoms with Crippen molar-refractivity contribution in [3.8, 4) is 0 Å². The molecule has 100 valence electrons. The van der Waals surface area contributed by atoms with E-state index in [4.69, 9.17) is 0 Å². The fourth-order valence-electron chi connectivity index (χ4n) is 1.04. The van der Waals surface area contributed by atoms with Gasteiger partial charge in [-0.2, -0.15) is 0 Å². The molecule has 6 nitrogen and oxygen atoms in total. The summed E-state index contributed by atoms with van der Waals surface area (Å²) >= 11 is 1.25. The lowest BCUT2D eigenvalue weighted by molar-refractivity contribution is -0.136. The first-order chi connectivity index (χ1) is 8.34. The number of aryl methyl sites for hydroxylation is 1. The molecular weight excluding hydrogens is 254 g/mol. The van der Waals surface area contributed by atoms with E-state index in [0.29, 0.717) is 11.6 Å². The van der Waals surface area contributed by atoms with Crippen LogP contribution in [0.2, 0.25) is 0 Å². The molecule has 0 saturated carbocycles. The smallest absolute Gasteiger partial charge is 0.315 e. The van der Waals surface area contributed by atoms with Crippen LogP contribution < -0.4 is 10.6 Å². The molecule has 3 N–H and O–H groups in total. The summed E-state index contributed by atoms with van der Waals surface area (Å²) in [5.74, 6) is -1.56. The van der Waals surface area contributed by atoms with Crippen molar-refractivity contribution in [3.63, 3.8) is 0 Å². The minimum atomic E-state index is -1.01. The van der Waals surface area contributed by atoms with Crippen LogP contribution in [0.15, 0.2) is 5.38 Å². The number of nitrogens with zero attached hydrogens (tertiary/aromatic N) is 1. The minimum absolute atomic E-state index is 0.0344. The summed E-state index contributed by atoms with van der Waals surface area (Å²) in [4.78, 5) is 27.0. The number of aliphatic hydroxyl groups is 1. The normalized spacial score (nSPS) is 13.8. The highest BCUT2D eigenvalue weighted by molar-refractivity contribution is 7.14. The summed E-state index contributed by atoms with van der Waals surface area (Å²) in [5, 5.41) is 16.6. The van der Waals surface area contributed by atoms with Crippen molar-refractivity contribution in [2.75, 3.05) is 11.9 Å². The Morgan fingerprint density at radius 3 is 2.67 bits per heavy atom. The van der Waals surface area contributed by atoms with Crippen LogP contribution in [0.25, 0.3) is 0 Å². The summed E-state index contributed by atoms with van der Waals surface area (Å²) in [6, 6.07) is 0. The lowest BCUT2D eigenvalue weighted by Gasteiger charge is -2.21. The number of thiazole rings is 1. The van der Waals surface area contributed by atoms with E-state index in [1.54, 1.807) is 26.2 Å². The van der Waals surface area contributed by atoms with Gasteiger partial charge in [-0.05, 0) is 20.3 Å². The maximum atomic E-state index is 11.5. The molecule has 1 atom stereocenters. The van der Waals surface area contributed by atoms with E-state index >= 15 is 0 Å². The molecule has 0 aliphatic rings. The van der Waals surface area contributed by atoms with E-state index in [9.17, 15) is 14.7 Å². The molecule has 0 unspecified atom stereocenters. The van der Waals surface area contributed by atoms with Gasteiger partial charge in [0.1, 0.15) is 0 Å². The van der Waals surface area contributed by atoms with Crippen LogP contribution in [0.1, 0.15) is 26.0 Å². The number of rotatable bonds is 4. The summed E-state index contributed by atoms with van der Waals surface area (Å²) in [6.07, 6.45) is 0.487. The molecular formula is C11H17N3O3S. The Labute approximate surface area is 109 Å². The fourth-order valence-corrected chi connectivity index (χ4v) is 1.72. The first kappa shape index (κ1) is 14.6. The Morgan fingerprint density at radius 2 is 2.17 bits per heavy atom. The van der Waals surface area contributed by atoms with Crippen LogP contribution in [0, 0.1) is 6.92 Å². The van der Waals surface area contributed by atoms with Crippen molar-refractivity contribution >= 4 is 28.3 Å². The predicted molar refractivity (Wildman–Crippen MR) is 69.4 cm³/mol. The number of amides is 2. The monoisotopic (exact) mass is 271 g/mol. The van der Waals surface area contributed by atoms with E-state index in [1.165, 1.54) is 11.3 Å². The molecule has 0 fully saturated rings. The maximum absolute atomic E-state index is 11.5. The van der Waals surface area contributed by atoms with Crippen LogP contribution in [-0.4, -0.2) is 34.1 Å². The molecule has 0 aromatic carbocycles. The van der Waals surface area contributed by atoms with Crippen LogP contribution in [0.4, 0.5) is 5.13 Å². The Bertz CT molecular complexity index is 442. The van der Waals surface area contributed by atoms with Gasteiger partial charge in [0.25, 0.3) is 0 Å². The molecule has 18 heavy (non-hydrogen) atoms. The fraction of sp³-hybridized carbons (Fsp3) is 0.545. The quantitative estimate of drug-likeness (QED) is 0.702. The minimum Gasteiger partial charge on any atom is -0.388 e. The zero-order valence-corrected chi connectivity index (χ0v) is 11.4. The summed E-state index contributed by atoms with van der Waals surface area (Å²) in [6.45, 7) is 5.22. The van der Waals surface area contributed by atoms with Crippen molar-refractivity contribution in [2.24, 2.45) is 0 Å². The number of carbonyl (C=O) groups is 2. The number of carbonyl (C=O) groups excluding carboxylic acids is 2. The van der Waals surface area contributed by atoms with Crippen molar-refractivity contribution in [1.29, 1.82) is 0 Å². The number of nitrogens with one attached hydrogen (secondary N) is 2. The van der Waals surface area contributed by atoms with Crippen molar-refractivity contribution in [2.45, 2.75) is 32.8 Å². The third kappa shape index (κ3) is 4.42. The Morgan fingerprint density at radius 1 is 1.50 bits per heavy atom. The van der Waals surface area contributed by atoms with Crippen LogP contribution in [0.5, 0.6) is 0 Å². The van der Waals surface area contributed by atoms with E-state index in [1.807, 2.05) is 0 Å². The molecule has 0 spiro atoms. The zero-order valence-electron chi connectivity index (χ0n) is 10.6. The summed E-state index contributed by atoms with van der Waals surface area (Å²) in [7, 11) is 0. The molecule has 0 bridgehead atoms. The maximum Gasteiger partial charge on any atom is 0.315 e. The molecule has 2 amide bonds. The van der Waals surface area contributed by atoms with Gasteiger partial charge >= 0.3 is 11.8 Å². The largest absolute Gasteiger partial charge is 0.388 e. The lowest BCUT2D eigenvalue weighted by atomic mass is 10.0. The number of aromatic nitrogens is 1. The van der Waals surface area contributed by atoms with E-state index in [0.717, 1.165) is 5.69 Å². The molecule has 0 aliphatic carbocycles. The molecule has 7 heteroatoms. The summed E-state index contributed by atoms with van der Waals surface area (Å²) in [5.41, 5.74) is -0.224.